The van der Waals surface area contributed by atoms with Crippen molar-refractivity contribution in [3.05, 3.63) is 48.7 Å². The topological polar surface area (TPSA) is 116 Å². The van der Waals surface area contributed by atoms with Crippen LogP contribution in [-0.4, -0.2) is 58.2 Å². The van der Waals surface area contributed by atoms with Crippen molar-refractivity contribution in [1.29, 1.82) is 0 Å². The van der Waals surface area contributed by atoms with Crippen LogP contribution in [0.25, 0.3) is 11.3 Å². The highest BCUT2D eigenvalue weighted by Crippen LogP contribution is 2.39. The molecule has 2 aliphatic heterocycles. The largest absolute Gasteiger partial charge is 0.444 e. The lowest BCUT2D eigenvalue weighted by molar-refractivity contribution is -0.149. The minimum atomic E-state index is -4.59. The predicted molar refractivity (Wildman–Crippen MR) is 119 cm³/mol. The quantitative estimate of drug-likeness (QED) is 0.579. The SMILES string of the molecule is C[C@@H](NC(=O)c1ccc2c(n1)N(C(=O)Nc1cc(-c3cnco3)ccn1)C1CCN2C1)C(F)(F)F. The van der Waals surface area contributed by atoms with Crippen molar-refractivity contribution >= 4 is 29.3 Å². The molecule has 2 N–H and O–H groups in total. The first-order valence-electron chi connectivity index (χ1n) is 10.8. The maximum atomic E-state index is 13.3. The van der Waals surface area contributed by atoms with Gasteiger partial charge in [-0.1, -0.05) is 0 Å². The number of alkyl halides is 3. The van der Waals surface area contributed by atoms with Gasteiger partial charge in [-0.05, 0) is 37.6 Å². The molecule has 2 bridgehead atoms. The summed E-state index contributed by atoms with van der Waals surface area (Å²) < 4.78 is 43.9. The molecule has 0 radical (unpaired) electrons. The monoisotopic (exact) mass is 487 g/mol. The van der Waals surface area contributed by atoms with Gasteiger partial charge in [-0.25, -0.2) is 19.7 Å². The van der Waals surface area contributed by atoms with Crippen molar-refractivity contribution in [2.24, 2.45) is 0 Å². The highest BCUT2D eigenvalue weighted by atomic mass is 19.4. The van der Waals surface area contributed by atoms with Crippen LogP contribution >= 0.6 is 0 Å². The van der Waals surface area contributed by atoms with Crippen LogP contribution in [0.2, 0.25) is 0 Å². The lowest BCUT2D eigenvalue weighted by atomic mass is 10.1. The molecule has 10 nitrogen and oxygen atoms in total. The van der Waals surface area contributed by atoms with Crippen LogP contribution in [0.5, 0.6) is 0 Å². The highest BCUT2D eigenvalue weighted by molar-refractivity contribution is 6.05. The summed E-state index contributed by atoms with van der Waals surface area (Å²) in [6, 6.07) is 3.49. The maximum absolute atomic E-state index is 13.3. The smallest absolute Gasteiger partial charge is 0.408 e. The third kappa shape index (κ3) is 4.36. The zero-order valence-corrected chi connectivity index (χ0v) is 18.4. The number of hydrogen-bond acceptors (Lipinski definition) is 7. The number of fused-ring (bicyclic) bond motifs is 4. The third-order valence-corrected chi connectivity index (χ3v) is 5.95. The number of nitrogens with one attached hydrogen (secondary N) is 2. The normalized spacial score (nSPS) is 17.7. The second-order valence-corrected chi connectivity index (χ2v) is 8.26. The van der Waals surface area contributed by atoms with Crippen LogP contribution < -0.4 is 20.4 Å². The van der Waals surface area contributed by atoms with Crippen molar-refractivity contribution in [3.8, 4) is 11.3 Å². The highest BCUT2D eigenvalue weighted by Gasteiger charge is 2.41. The summed E-state index contributed by atoms with van der Waals surface area (Å²) in [6.45, 7) is 2.10. The molecule has 2 aliphatic rings. The van der Waals surface area contributed by atoms with E-state index >= 15 is 0 Å². The van der Waals surface area contributed by atoms with E-state index in [2.05, 4.69) is 20.3 Å². The third-order valence-electron chi connectivity index (χ3n) is 5.95. The fourth-order valence-electron chi connectivity index (χ4n) is 4.13. The van der Waals surface area contributed by atoms with Crippen molar-refractivity contribution in [2.45, 2.75) is 31.6 Å². The Labute approximate surface area is 197 Å². The zero-order valence-electron chi connectivity index (χ0n) is 18.4. The molecule has 1 saturated heterocycles. The van der Waals surface area contributed by atoms with E-state index in [9.17, 15) is 22.8 Å². The van der Waals surface area contributed by atoms with Crippen LogP contribution in [0.1, 0.15) is 23.8 Å². The van der Waals surface area contributed by atoms with Crippen LogP contribution in [0.4, 0.5) is 35.3 Å². The van der Waals surface area contributed by atoms with E-state index in [1.807, 2.05) is 10.2 Å². The molecule has 3 aromatic heterocycles. The van der Waals surface area contributed by atoms with Crippen molar-refractivity contribution < 1.29 is 27.2 Å². The molecule has 5 rings (SSSR count). The molecule has 35 heavy (non-hydrogen) atoms. The minimum absolute atomic E-state index is 0.204. The summed E-state index contributed by atoms with van der Waals surface area (Å²) in [5.74, 6) is -0.0101. The molecule has 1 fully saturated rings. The maximum Gasteiger partial charge on any atom is 0.408 e. The van der Waals surface area contributed by atoms with Gasteiger partial charge in [0, 0.05) is 24.8 Å². The molecule has 0 saturated carbocycles. The van der Waals surface area contributed by atoms with E-state index in [4.69, 9.17) is 4.42 Å². The Morgan fingerprint density at radius 1 is 1.26 bits per heavy atom. The van der Waals surface area contributed by atoms with E-state index < -0.39 is 24.2 Å². The lowest BCUT2D eigenvalue weighted by Gasteiger charge is -2.35. The first-order chi connectivity index (χ1) is 16.7. The van der Waals surface area contributed by atoms with Crippen LogP contribution in [0.15, 0.2) is 47.5 Å². The Morgan fingerprint density at radius 3 is 2.83 bits per heavy atom. The molecular weight excluding hydrogens is 467 g/mol. The lowest BCUT2D eigenvalue weighted by Crippen LogP contribution is -2.49. The number of aromatic nitrogens is 3. The van der Waals surface area contributed by atoms with E-state index in [1.54, 1.807) is 18.2 Å². The Morgan fingerprint density at radius 2 is 2.09 bits per heavy atom. The second kappa shape index (κ2) is 8.56. The summed E-state index contributed by atoms with van der Waals surface area (Å²) in [5.41, 5.74) is 1.07. The molecule has 1 unspecified atom stereocenters. The van der Waals surface area contributed by atoms with E-state index in [-0.39, 0.29) is 23.4 Å². The zero-order chi connectivity index (χ0) is 24.7. The predicted octanol–water partition coefficient (Wildman–Crippen LogP) is 3.44. The van der Waals surface area contributed by atoms with Gasteiger partial charge >= 0.3 is 12.2 Å². The van der Waals surface area contributed by atoms with Crippen LogP contribution in [0, 0.1) is 0 Å². The number of rotatable bonds is 4. The Balaban J connectivity index is 1.42. The summed E-state index contributed by atoms with van der Waals surface area (Å²) in [7, 11) is 0. The molecule has 3 amide bonds. The molecule has 2 atom stereocenters. The first kappa shape index (κ1) is 22.6. The molecule has 0 aliphatic carbocycles. The number of hydrogen-bond donors (Lipinski definition) is 2. The van der Waals surface area contributed by atoms with Gasteiger partial charge < -0.3 is 14.6 Å². The Bertz CT molecular complexity index is 1270. The summed E-state index contributed by atoms with van der Waals surface area (Å²) in [4.78, 5) is 41.6. The Kier molecular flexibility index (Phi) is 5.53. The summed E-state index contributed by atoms with van der Waals surface area (Å²) in [5, 5.41) is 4.65. The molecular formula is C22H20F3N7O3. The number of halogens is 3. The standard InChI is InChI=1S/C22H20F3N7O3/c1-12(22(23,24)25)28-20(33)15-2-3-16-19(29-15)32(14-5-7-31(16)10-14)21(34)30-18-8-13(4-6-27-18)17-9-26-11-35-17/h2-4,6,8-9,11-12,14H,5,7,10H2,1H3,(H,28,33)(H,27,30,34)/t12-,14?/m1/s1. The van der Waals surface area contributed by atoms with Crippen LogP contribution in [-0.2, 0) is 0 Å². The van der Waals surface area contributed by atoms with Gasteiger partial charge in [0.2, 0.25) is 0 Å². The van der Waals surface area contributed by atoms with E-state index in [1.165, 1.54) is 29.8 Å². The summed E-state index contributed by atoms with van der Waals surface area (Å²) in [6.07, 6.45) is 0.414. The second-order valence-electron chi connectivity index (χ2n) is 8.26. The van der Waals surface area contributed by atoms with Crippen molar-refractivity contribution in [1.82, 2.24) is 20.3 Å². The van der Waals surface area contributed by atoms with Gasteiger partial charge in [0.05, 0.1) is 17.9 Å². The number of amides is 3. The number of carbonyl (C=O) groups is 2. The van der Waals surface area contributed by atoms with Gasteiger partial charge in [0.15, 0.2) is 18.0 Å². The van der Waals surface area contributed by atoms with Crippen LogP contribution in [0.3, 0.4) is 0 Å². The van der Waals surface area contributed by atoms with Gasteiger partial charge in [-0.2, -0.15) is 13.2 Å². The van der Waals surface area contributed by atoms with Crippen molar-refractivity contribution in [2.75, 3.05) is 28.2 Å². The fourth-order valence-corrected chi connectivity index (χ4v) is 4.13. The average molecular weight is 487 g/mol. The molecule has 182 valence electrons. The Hall–Kier alpha value is -4.16. The minimum Gasteiger partial charge on any atom is -0.444 e. The van der Waals surface area contributed by atoms with Gasteiger partial charge in [0.25, 0.3) is 5.91 Å². The van der Waals surface area contributed by atoms with E-state index in [0.29, 0.717) is 36.5 Å². The summed E-state index contributed by atoms with van der Waals surface area (Å²) >= 11 is 0. The number of pyridine rings is 2. The molecule has 5 heterocycles. The van der Waals surface area contributed by atoms with Gasteiger partial charge in [-0.15, -0.1) is 0 Å². The number of nitrogens with zero attached hydrogens (tertiary/aromatic N) is 5. The van der Waals surface area contributed by atoms with Gasteiger partial charge in [0.1, 0.15) is 17.6 Å². The van der Waals surface area contributed by atoms with E-state index in [0.717, 1.165) is 6.92 Å². The molecule has 3 aromatic rings. The molecule has 0 spiro atoms. The molecule has 13 heteroatoms. The fraction of sp³-hybridized carbons (Fsp3) is 0.318. The van der Waals surface area contributed by atoms with Crippen molar-refractivity contribution in [3.63, 3.8) is 0 Å². The number of anilines is 3. The number of oxazole rings is 1. The average Bonchev–Trinajstić information content (AvgIpc) is 3.50. The first-order valence-corrected chi connectivity index (χ1v) is 10.8. The van der Waals surface area contributed by atoms with Gasteiger partial charge in [-0.3, -0.25) is 15.0 Å². The number of carbonyl (C=O) groups excluding carboxylic acids is 2. The molecule has 0 aromatic carbocycles. The number of urea groups is 1.